The number of rotatable bonds is 5. The first-order valence-corrected chi connectivity index (χ1v) is 11.2. The Morgan fingerprint density at radius 1 is 1.25 bits per heavy atom. The van der Waals surface area contributed by atoms with Crippen molar-refractivity contribution in [3.63, 3.8) is 0 Å². The smallest absolute Gasteiger partial charge is 0.256 e. The van der Waals surface area contributed by atoms with Crippen molar-refractivity contribution in [1.82, 2.24) is 9.21 Å². The number of carbonyl (C=O) groups excluding carboxylic acids is 1. The first-order chi connectivity index (χ1) is 13.3. The van der Waals surface area contributed by atoms with Crippen LogP contribution in [-0.4, -0.2) is 56.8 Å². The van der Waals surface area contributed by atoms with Crippen molar-refractivity contribution in [2.24, 2.45) is 0 Å². The van der Waals surface area contributed by atoms with E-state index in [-0.39, 0.29) is 10.5 Å². The number of aryl methyl sites for hydroxylation is 1. The van der Waals surface area contributed by atoms with E-state index in [4.69, 9.17) is 0 Å². The van der Waals surface area contributed by atoms with Crippen LogP contribution < -0.4 is 5.32 Å². The lowest BCUT2D eigenvalue weighted by Crippen LogP contribution is -2.47. The predicted octanol–water partition coefficient (Wildman–Crippen LogP) is 2.37. The highest BCUT2D eigenvalue weighted by molar-refractivity contribution is 7.89. The minimum Gasteiger partial charge on any atom is -0.312 e. The van der Waals surface area contributed by atoms with Crippen molar-refractivity contribution in [3.8, 4) is 6.07 Å². The van der Waals surface area contributed by atoms with E-state index in [1.165, 1.54) is 27.8 Å². The van der Waals surface area contributed by atoms with E-state index in [2.05, 4.69) is 16.3 Å². The number of nitriles is 1. The van der Waals surface area contributed by atoms with Crippen LogP contribution in [0.4, 0.5) is 5.00 Å². The summed E-state index contributed by atoms with van der Waals surface area (Å²) in [6.45, 7) is 4.18. The Balaban J connectivity index is 1.82. The molecule has 1 N–H and O–H groups in total. The van der Waals surface area contributed by atoms with Crippen LogP contribution in [0.1, 0.15) is 27.7 Å². The molecule has 0 bridgehead atoms. The second-order valence-corrected chi connectivity index (χ2v) is 9.68. The van der Waals surface area contributed by atoms with E-state index in [9.17, 15) is 18.5 Å². The van der Waals surface area contributed by atoms with Gasteiger partial charge in [-0.1, -0.05) is 13.0 Å². The molecular weight excluding hydrogens is 396 g/mol. The molecule has 1 aliphatic rings. The highest BCUT2D eigenvalue weighted by Crippen LogP contribution is 2.28. The van der Waals surface area contributed by atoms with Crippen LogP contribution in [0.25, 0.3) is 0 Å². The maximum atomic E-state index is 12.9. The molecule has 28 heavy (non-hydrogen) atoms. The van der Waals surface area contributed by atoms with Gasteiger partial charge < -0.3 is 10.2 Å². The summed E-state index contributed by atoms with van der Waals surface area (Å²) in [5.41, 5.74) is 0.655. The number of benzene rings is 1. The molecule has 1 fully saturated rings. The Morgan fingerprint density at radius 3 is 2.61 bits per heavy atom. The molecule has 2 aromatic rings. The highest BCUT2D eigenvalue weighted by Gasteiger charge is 2.28. The third-order valence-electron chi connectivity index (χ3n) is 4.68. The lowest BCUT2D eigenvalue weighted by molar-refractivity contribution is 0.102. The average molecular weight is 419 g/mol. The molecule has 1 amide bonds. The van der Waals surface area contributed by atoms with Crippen LogP contribution in [0.15, 0.2) is 35.2 Å². The molecule has 1 saturated heterocycles. The summed E-state index contributed by atoms with van der Waals surface area (Å²) in [5.74, 6) is -0.434. The lowest BCUT2D eigenvalue weighted by Gasteiger charge is -2.31. The van der Waals surface area contributed by atoms with Crippen LogP contribution in [-0.2, 0) is 16.4 Å². The van der Waals surface area contributed by atoms with Crippen LogP contribution in [0.2, 0.25) is 0 Å². The Kier molecular flexibility index (Phi) is 6.15. The quantitative estimate of drug-likeness (QED) is 0.805. The third kappa shape index (κ3) is 4.25. The van der Waals surface area contributed by atoms with Gasteiger partial charge in [0.05, 0.1) is 10.5 Å². The molecule has 148 valence electrons. The number of likely N-dealkylation sites (N-methyl/N-ethyl adjacent to an activating group) is 1. The monoisotopic (exact) mass is 418 g/mol. The Hall–Kier alpha value is -2.25. The zero-order chi connectivity index (χ0) is 20.3. The Labute approximate surface area is 169 Å². The molecule has 0 spiro atoms. The summed E-state index contributed by atoms with van der Waals surface area (Å²) in [5, 5.41) is 12.5. The van der Waals surface area contributed by atoms with Gasteiger partial charge >= 0.3 is 0 Å². The molecular formula is C19H22N4O3S2. The standard InChI is InChI=1S/C19H22N4O3S2/c1-3-16-11-15(13-20)19(27-16)21-18(24)14-5-4-6-17(12-14)28(25,26)23-9-7-22(2)8-10-23/h4-6,11-12H,3,7-10H2,1-2H3,(H,21,24). The zero-order valence-corrected chi connectivity index (χ0v) is 17.4. The van der Waals surface area contributed by atoms with E-state index in [1.54, 1.807) is 18.2 Å². The average Bonchev–Trinajstić information content (AvgIpc) is 3.10. The van der Waals surface area contributed by atoms with Gasteiger partial charge in [-0.3, -0.25) is 4.79 Å². The topological polar surface area (TPSA) is 93.5 Å². The molecule has 0 radical (unpaired) electrons. The van der Waals surface area contributed by atoms with Crippen LogP contribution in [0.3, 0.4) is 0 Å². The van der Waals surface area contributed by atoms with Crippen molar-refractivity contribution in [1.29, 1.82) is 5.26 Å². The summed E-state index contributed by atoms with van der Waals surface area (Å²) in [6, 6.07) is 9.87. The number of hydrogen-bond donors (Lipinski definition) is 1. The van der Waals surface area contributed by atoms with Crippen molar-refractivity contribution in [2.45, 2.75) is 18.2 Å². The van der Waals surface area contributed by atoms with E-state index in [0.29, 0.717) is 36.7 Å². The number of piperazine rings is 1. The summed E-state index contributed by atoms with van der Waals surface area (Å²) < 4.78 is 27.3. The number of thiophene rings is 1. The molecule has 1 aliphatic heterocycles. The third-order valence-corrected chi connectivity index (χ3v) is 7.76. The summed E-state index contributed by atoms with van der Waals surface area (Å²) in [7, 11) is -1.69. The minimum atomic E-state index is -3.65. The van der Waals surface area contributed by atoms with E-state index in [0.717, 1.165) is 11.3 Å². The number of anilines is 1. The molecule has 0 saturated carbocycles. The predicted molar refractivity (Wildman–Crippen MR) is 109 cm³/mol. The molecule has 0 unspecified atom stereocenters. The maximum absolute atomic E-state index is 12.9. The number of hydrogen-bond acceptors (Lipinski definition) is 6. The van der Waals surface area contributed by atoms with Crippen LogP contribution >= 0.6 is 11.3 Å². The van der Waals surface area contributed by atoms with Gasteiger partial charge in [-0.25, -0.2) is 8.42 Å². The molecule has 0 atom stereocenters. The van der Waals surface area contributed by atoms with E-state index < -0.39 is 15.9 Å². The SMILES string of the molecule is CCc1cc(C#N)c(NC(=O)c2cccc(S(=O)(=O)N3CCN(C)CC3)c2)s1. The number of amides is 1. The van der Waals surface area contributed by atoms with Gasteiger partial charge in [0.25, 0.3) is 5.91 Å². The fraction of sp³-hybridized carbons (Fsp3) is 0.368. The van der Waals surface area contributed by atoms with Crippen molar-refractivity contribution >= 4 is 32.3 Å². The van der Waals surface area contributed by atoms with Gasteiger partial charge in [0, 0.05) is 36.6 Å². The van der Waals surface area contributed by atoms with Gasteiger partial charge in [0.2, 0.25) is 10.0 Å². The van der Waals surface area contributed by atoms with Gasteiger partial charge in [-0.2, -0.15) is 9.57 Å². The van der Waals surface area contributed by atoms with Crippen molar-refractivity contribution < 1.29 is 13.2 Å². The first kappa shape index (κ1) is 20.5. The van der Waals surface area contributed by atoms with Gasteiger partial charge in [-0.05, 0) is 37.7 Å². The summed E-state index contributed by atoms with van der Waals surface area (Å²) >= 11 is 1.35. The second-order valence-electron chi connectivity index (χ2n) is 6.61. The van der Waals surface area contributed by atoms with E-state index in [1.807, 2.05) is 14.0 Å². The largest absolute Gasteiger partial charge is 0.312 e. The highest BCUT2D eigenvalue weighted by atomic mass is 32.2. The number of nitrogens with zero attached hydrogens (tertiary/aromatic N) is 3. The summed E-state index contributed by atoms with van der Waals surface area (Å²) in [6.07, 6.45) is 0.772. The van der Waals surface area contributed by atoms with Crippen LogP contribution in [0.5, 0.6) is 0 Å². The number of carbonyl (C=O) groups is 1. The normalized spacial score (nSPS) is 15.9. The second kappa shape index (κ2) is 8.41. The molecule has 1 aromatic heterocycles. The number of nitrogens with one attached hydrogen (secondary N) is 1. The fourth-order valence-corrected chi connectivity index (χ4v) is 5.35. The van der Waals surface area contributed by atoms with Crippen molar-refractivity contribution in [3.05, 3.63) is 46.3 Å². The zero-order valence-electron chi connectivity index (χ0n) is 15.8. The molecule has 9 heteroatoms. The molecule has 7 nitrogen and oxygen atoms in total. The van der Waals surface area contributed by atoms with E-state index >= 15 is 0 Å². The first-order valence-electron chi connectivity index (χ1n) is 8.98. The molecule has 1 aromatic carbocycles. The van der Waals surface area contributed by atoms with Gasteiger partial charge in [0.1, 0.15) is 11.1 Å². The Bertz CT molecular complexity index is 1020. The maximum Gasteiger partial charge on any atom is 0.256 e. The molecule has 0 aliphatic carbocycles. The Morgan fingerprint density at radius 2 is 1.96 bits per heavy atom. The van der Waals surface area contributed by atoms with Crippen LogP contribution in [0, 0.1) is 11.3 Å². The van der Waals surface area contributed by atoms with Crippen molar-refractivity contribution in [2.75, 3.05) is 38.5 Å². The molecule has 2 heterocycles. The van der Waals surface area contributed by atoms with Gasteiger partial charge in [0.15, 0.2) is 0 Å². The fourth-order valence-electron chi connectivity index (χ4n) is 2.94. The lowest BCUT2D eigenvalue weighted by atomic mass is 10.2. The minimum absolute atomic E-state index is 0.102. The van der Waals surface area contributed by atoms with Gasteiger partial charge in [-0.15, -0.1) is 11.3 Å². The number of sulfonamides is 1. The molecule has 3 rings (SSSR count). The summed E-state index contributed by atoms with van der Waals surface area (Å²) in [4.78, 5) is 15.8.